The van der Waals surface area contributed by atoms with Gasteiger partial charge in [0, 0.05) is 11.6 Å². The number of hydrogen-bond acceptors (Lipinski definition) is 6. The molecule has 0 saturated heterocycles. The largest absolute Gasteiger partial charge is 0.468 e. The van der Waals surface area contributed by atoms with E-state index >= 15 is 0 Å². The SMILES string of the molecule is COC(=O)C1(C(=O)OC)C[C@H]1CCO/N=C/C(C)(C)C. The molecular weight excluding hydrogens is 262 g/mol. The monoisotopic (exact) mass is 285 g/mol. The maximum Gasteiger partial charge on any atom is 0.323 e. The fraction of sp³-hybridized carbons (Fsp3) is 0.786. The molecule has 0 unspecified atom stereocenters. The quantitative estimate of drug-likeness (QED) is 0.244. The molecule has 1 rings (SSSR count). The Balaban J connectivity index is 2.45. The first-order valence-electron chi connectivity index (χ1n) is 6.61. The first kappa shape index (κ1) is 16.5. The molecule has 0 bridgehead atoms. The number of rotatable bonds is 6. The molecule has 114 valence electrons. The molecule has 0 spiro atoms. The third-order valence-electron chi connectivity index (χ3n) is 3.28. The van der Waals surface area contributed by atoms with Crippen molar-refractivity contribution in [3.63, 3.8) is 0 Å². The topological polar surface area (TPSA) is 74.2 Å². The van der Waals surface area contributed by atoms with Gasteiger partial charge in [-0.05, 0) is 18.8 Å². The molecule has 0 aromatic carbocycles. The Hall–Kier alpha value is -1.59. The van der Waals surface area contributed by atoms with Crippen molar-refractivity contribution in [3.8, 4) is 0 Å². The van der Waals surface area contributed by atoms with Crippen LogP contribution in [0.3, 0.4) is 0 Å². The molecule has 20 heavy (non-hydrogen) atoms. The van der Waals surface area contributed by atoms with Crippen molar-refractivity contribution < 1.29 is 23.9 Å². The van der Waals surface area contributed by atoms with Crippen LogP contribution < -0.4 is 0 Å². The number of carbonyl (C=O) groups excluding carboxylic acids is 2. The molecule has 6 nitrogen and oxygen atoms in total. The smallest absolute Gasteiger partial charge is 0.323 e. The van der Waals surface area contributed by atoms with Gasteiger partial charge in [-0.2, -0.15) is 0 Å². The number of ether oxygens (including phenoxy) is 2. The van der Waals surface area contributed by atoms with Crippen LogP contribution in [0, 0.1) is 16.7 Å². The molecule has 1 atom stereocenters. The zero-order valence-corrected chi connectivity index (χ0v) is 12.8. The predicted octanol–water partition coefficient (Wildman–Crippen LogP) is 1.78. The van der Waals surface area contributed by atoms with Gasteiger partial charge in [-0.15, -0.1) is 0 Å². The van der Waals surface area contributed by atoms with Crippen LogP contribution in [0.2, 0.25) is 0 Å². The summed E-state index contributed by atoms with van der Waals surface area (Å²) in [6.45, 7) is 6.40. The van der Waals surface area contributed by atoms with E-state index in [1.807, 2.05) is 20.8 Å². The Morgan fingerprint density at radius 2 is 1.80 bits per heavy atom. The summed E-state index contributed by atoms with van der Waals surface area (Å²) in [5.74, 6) is -1.17. The van der Waals surface area contributed by atoms with Gasteiger partial charge in [0.05, 0.1) is 14.2 Å². The Morgan fingerprint density at radius 1 is 1.25 bits per heavy atom. The van der Waals surface area contributed by atoms with Crippen LogP contribution in [0.5, 0.6) is 0 Å². The first-order valence-corrected chi connectivity index (χ1v) is 6.61. The molecule has 0 aliphatic heterocycles. The standard InChI is InChI=1S/C14H23NO5/c1-13(2,3)9-15-20-7-6-10-8-14(10,11(16)18-4)12(17)19-5/h9-10H,6-8H2,1-5H3/b15-9+/t10-/m1/s1. The number of methoxy groups -OCH3 is 2. The van der Waals surface area contributed by atoms with Gasteiger partial charge in [-0.1, -0.05) is 25.9 Å². The number of carbonyl (C=O) groups is 2. The Labute approximate surface area is 119 Å². The van der Waals surface area contributed by atoms with Crippen LogP contribution >= 0.6 is 0 Å². The average molecular weight is 285 g/mol. The van der Waals surface area contributed by atoms with Crippen LogP contribution in [0.4, 0.5) is 0 Å². The van der Waals surface area contributed by atoms with Gasteiger partial charge in [0.2, 0.25) is 0 Å². The number of oxime groups is 1. The molecule has 0 heterocycles. The van der Waals surface area contributed by atoms with Crippen molar-refractivity contribution in [2.45, 2.75) is 33.6 Å². The molecule has 1 aliphatic carbocycles. The maximum absolute atomic E-state index is 11.7. The van der Waals surface area contributed by atoms with Crippen LogP contribution in [0.1, 0.15) is 33.6 Å². The molecular formula is C14H23NO5. The summed E-state index contributed by atoms with van der Waals surface area (Å²) in [5, 5.41) is 3.86. The van der Waals surface area contributed by atoms with E-state index in [4.69, 9.17) is 14.3 Å². The summed E-state index contributed by atoms with van der Waals surface area (Å²) >= 11 is 0. The van der Waals surface area contributed by atoms with Crippen molar-refractivity contribution in [1.82, 2.24) is 0 Å². The second-order valence-electron chi connectivity index (χ2n) is 6.08. The second-order valence-corrected chi connectivity index (χ2v) is 6.08. The zero-order chi connectivity index (χ0) is 15.4. The highest BCUT2D eigenvalue weighted by Gasteiger charge is 2.67. The molecule has 0 aromatic rings. The van der Waals surface area contributed by atoms with Gasteiger partial charge >= 0.3 is 11.9 Å². The highest BCUT2D eigenvalue weighted by atomic mass is 16.6. The van der Waals surface area contributed by atoms with Gasteiger partial charge < -0.3 is 14.3 Å². The van der Waals surface area contributed by atoms with Crippen LogP contribution in [0.15, 0.2) is 5.16 Å². The lowest BCUT2D eigenvalue weighted by atomic mass is 10.00. The fourth-order valence-electron chi connectivity index (χ4n) is 2.07. The molecule has 1 fully saturated rings. The summed E-state index contributed by atoms with van der Waals surface area (Å²) < 4.78 is 9.39. The first-order chi connectivity index (χ1) is 9.28. The van der Waals surface area contributed by atoms with E-state index < -0.39 is 17.4 Å². The lowest BCUT2D eigenvalue weighted by Gasteiger charge is -2.12. The lowest BCUT2D eigenvalue weighted by molar-refractivity contribution is -0.162. The Bertz CT molecular complexity index is 381. The van der Waals surface area contributed by atoms with Crippen LogP contribution in [-0.2, 0) is 23.9 Å². The summed E-state index contributed by atoms with van der Waals surface area (Å²) in [5.41, 5.74) is -1.18. The molecule has 0 N–H and O–H groups in total. The molecule has 1 aliphatic rings. The van der Waals surface area contributed by atoms with Gasteiger partial charge in [-0.3, -0.25) is 9.59 Å². The van der Waals surface area contributed by atoms with Crippen molar-refractivity contribution in [2.24, 2.45) is 21.9 Å². The summed E-state index contributed by atoms with van der Waals surface area (Å²) in [4.78, 5) is 28.6. The van der Waals surface area contributed by atoms with Gasteiger partial charge in [0.1, 0.15) is 6.61 Å². The third kappa shape index (κ3) is 3.71. The molecule has 1 saturated carbocycles. The zero-order valence-electron chi connectivity index (χ0n) is 12.8. The number of nitrogens with zero attached hydrogens (tertiary/aromatic N) is 1. The van der Waals surface area contributed by atoms with Crippen molar-refractivity contribution in [3.05, 3.63) is 0 Å². The van der Waals surface area contributed by atoms with Crippen molar-refractivity contribution in [2.75, 3.05) is 20.8 Å². The van der Waals surface area contributed by atoms with E-state index in [1.165, 1.54) is 14.2 Å². The number of esters is 2. The molecule has 0 amide bonds. The van der Waals surface area contributed by atoms with E-state index in [0.29, 0.717) is 19.4 Å². The lowest BCUT2D eigenvalue weighted by Crippen LogP contribution is -2.30. The third-order valence-corrected chi connectivity index (χ3v) is 3.28. The van der Waals surface area contributed by atoms with E-state index in [9.17, 15) is 9.59 Å². The minimum Gasteiger partial charge on any atom is -0.468 e. The molecule has 0 radical (unpaired) electrons. The van der Waals surface area contributed by atoms with Crippen molar-refractivity contribution >= 4 is 18.2 Å². The minimum absolute atomic E-state index is 0.0403. The summed E-state index contributed by atoms with van der Waals surface area (Å²) in [7, 11) is 2.54. The van der Waals surface area contributed by atoms with E-state index in [2.05, 4.69) is 5.16 Å². The minimum atomic E-state index is -1.14. The van der Waals surface area contributed by atoms with E-state index in [0.717, 1.165) is 0 Å². The van der Waals surface area contributed by atoms with Crippen LogP contribution in [-0.4, -0.2) is 39.0 Å². The molecule has 6 heteroatoms. The Morgan fingerprint density at radius 3 is 2.25 bits per heavy atom. The summed E-state index contributed by atoms with van der Waals surface area (Å²) in [6, 6.07) is 0. The van der Waals surface area contributed by atoms with Gasteiger partial charge in [0.15, 0.2) is 5.41 Å². The Kier molecular flexibility index (Phi) is 5.14. The average Bonchev–Trinajstić information content (AvgIpc) is 3.10. The van der Waals surface area contributed by atoms with E-state index in [-0.39, 0.29) is 11.3 Å². The normalized spacial score (nSPS) is 20.6. The van der Waals surface area contributed by atoms with Gasteiger partial charge in [0.25, 0.3) is 0 Å². The fourth-order valence-corrected chi connectivity index (χ4v) is 2.07. The second kappa shape index (κ2) is 6.24. The number of hydrogen-bond donors (Lipinski definition) is 0. The highest BCUT2D eigenvalue weighted by molar-refractivity contribution is 6.03. The van der Waals surface area contributed by atoms with Crippen molar-refractivity contribution in [1.29, 1.82) is 0 Å². The highest BCUT2D eigenvalue weighted by Crippen LogP contribution is 2.56. The van der Waals surface area contributed by atoms with Crippen LogP contribution in [0.25, 0.3) is 0 Å². The predicted molar refractivity (Wildman–Crippen MR) is 73.1 cm³/mol. The van der Waals surface area contributed by atoms with Gasteiger partial charge in [-0.25, -0.2) is 0 Å². The van der Waals surface area contributed by atoms with E-state index in [1.54, 1.807) is 6.21 Å². The maximum atomic E-state index is 11.7. The summed E-state index contributed by atoms with van der Waals surface area (Å²) in [6.07, 6.45) is 2.72. The molecule has 0 aromatic heterocycles.